The van der Waals surface area contributed by atoms with Gasteiger partial charge in [-0.05, 0) is 95.7 Å². The number of nitrogens with zero attached hydrogens (tertiary/aromatic N) is 3. The number of amides is 1. The zero-order valence-corrected chi connectivity index (χ0v) is 29.2. The average Bonchev–Trinajstić information content (AvgIpc) is 3.09. The normalized spacial score (nSPS) is 17.8. The van der Waals surface area contributed by atoms with Crippen molar-refractivity contribution in [2.75, 3.05) is 54.7 Å². The third-order valence-corrected chi connectivity index (χ3v) is 9.11. The first-order chi connectivity index (χ1) is 23.1. The maximum Gasteiger partial charge on any atom is 0.338 e. The van der Waals surface area contributed by atoms with E-state index in [4.69, 9.17) is 28.7 Å². The Kier molecular flexibility index (Phi) is 10.9. The van der Waals surface area contributed by atoms with Gasteiger partial charge >= 0.3 is 5.97 Å². The number of methoxy groups -OCH3 is 3. The summed E-state index contributed by atoms with van der Waals surface area (Å²) in [6, 6.07) is 16.3. The van der Waals surface area contributed by atoms with Crippen LogP contribution in [-0.4, -0.2) is 100 Å². The van der Waals surface area contributed by atoms with E-state index in [1.165, 1.54) is 19.8 Å². The van der Waals surface area contributed by atoms with E-state index in [0.717, 1.165) is 42.1 Å². The first kappa shape index (κ1) is 34.8. The van der Waals surface area contributed by atoms with Gasteiger partial charge in [-0.2, -0.15) is 0 Å². The lowest BCUT2D eigenvalue weighted by molar-refractivity contribution is 0.0292. The van der Waals surface area contributed by atoms with Gasteiger partial charge in [-0.3, -0.25) is 9.79 Å². The summed E-state index contributed by atoms with van der Waals surface area (Å²) in [5.74, 6) is 1.98. The number of ether oxygens (including phenoxy) is 5. The molecule has 3 atom stereocenters. The molecule has 10 nitrogen and oxygen atoms in total. The molecule has 2 aliphatic heterocycles. The second-order valence-electron chi connectivity index (χ2n) is 12.6. The molecule has 1 saturated heterocycles. The highest BCUT2D eigenvalue weighted by Crippen LogP contribution is 2.42. The van der Waals surface area contributed by atoms with E-state index in [2.05, 4.69) is 18.0 Å². The van der Waals surface area contributed by atoms with Crippen LogP contribution in [0.3, 0.4) is 0 Å². The van der Waals surface area contributed by atoms with Crippen LogP contribution in [0, 0.1) is 0 Å². The lowest BCUT2D eigenvalue weighted by atomic mass is 9.79. The molecule has 1 unspecified atom stereocenters. The van der Waals surface area contributed by atoms with E-state index in [9.17, 15) is 9.59 Å². The second kappa shape index (κ2) is 15.1. The number of hydrogen-bond acceptors (Lipinski definition) is 9. The maximum absolute atomic E-state index is 13.9. The first-order valence-electron chi connectivity index (χ1n) is 16.5. The molecular formula is C38H47N3O7. The van der Waals surface area contributed by atoms with Gasteiger partial charge < -0.3 is 33.5 Å². The SMILES string of the molecule is CCOc1cc2c(cc1OC)C(c1ccc(C(=O)N(C(C)C)C(C)COC(=O)c3ccc(OC)c(OC)c3)cc1)=N[C@@H]1CCN(C)C[C@H]21. The van der Waals surface area contributed by atoms with Crippen LogP contribution < -0.4 is 18.9 Å². The van der Waals surface area contributed by atoms with Crippen molar-refractivity contribution in [2.45, 2.75) is 58.2 Å². The highest BCUT2D eigenvalue weighted by Gasteiger charge is 2.36. The standard InChI is InChI=1S/C38H47N3O7/c1-9-47-35-19-28-29(20-34(35)46-8)36(39-31-16-17-40(5)21-30(28)31)25-10-12-26(13-11-25)37(42)41(23(2)3)24(4)22-48-38(43)27-14-15-32(44-6)33(18-27)45-7/h10-15,18-20,23-24,30-31H,9,16-17,21-22H2,1-8H3/t24?,30-,31-/m1/s1. The summed E-state index contributed by atoms with van der Waals surface area (Å²) in [6.45, 7) is 10.2. The van der Waals surface area contributed by atoms with Crippen molar-refractivity contribution in [1.29, 1.82) is 0 Å². The van der Waals surface area contributed by atoms with Crippen molar-refractivity contribution >= 4 is 17.6 Å². The molecule has 3 aromatic carbocycles. The van der Waals surface area contributed by atoms with Crippen LogP contribution in [-0.2, 0) is 4.74 Å². The summed E-state index contributed by atoms with van der Waals surface area (Å²) >= 11 is 0. The van der Waals surface area contributed by atoms with Gasteiger partial charge in [-0.25, -0.2) is 4.79 Å². The van der Waals surface area contributed by atoms with Gasteiger partial charge in [-0.15, -0.1) is 0 Å². The fraction of sp³-hybridized carbons (Fsp3) is 0.447. The van der Waals surface area contributed by atoms with Crippen molar-refractivity contribution in [3.63, 3.8) is 0 Å². The van der Waals surface area contributed by atoms with Crippen molar-refractivity contribution in [1.82, 2.24) is 9.80 Å². The predicted octanol–water partition coefficient (Wildman–Crippen LogP) is 5.85. The minimum atomic E-state index is -0.506. The Labute approximate surface area is 283 Å². The predicted molar refractivity (Wildman–Crippen MR) is 185 cm³/mol. The van der Waals surface area contributed by atoms with Gasteiger partial charge in [0.25, 0.3) is 5.91 Å². The molecule has 10 heteroatoms. The molecular weight excluding hydrogens is 610 g/mol. The fourth-order valence-corrected chi connectivity index (χ4v) is 6.73. The molecule has 0 bridgehead atoms. The maximum atomic E-state index is 13.9. The van der Waals surface area contributed by atoms with Gasteiger partial charge in [-0.1, -0.05) is 12.1 Å². The van der Waals surface area contributed by atoms with E-state index in [1.807, 2.05) is 58.0 Å². The molecule has 0 aliphatic carbocycles. The minimum absolute atomic E-state index is 0.0338. The Balaban J connectivity index is 1.36. The molecule has 0 spiro atoms. The second-order valence-corrected chi connectivity index (χ2v) is 12.6. The van der Waals surface area contributed by atoms with E-state index in [0.29, 0.717) is 35.0 Å². The summed E-state index contributed by atoms with van der Waals surface area (Å²) in [4.78, 5) is 36.1. The summed E-state index contributed by atoms with van der Waals surface area (Å²) in [7, 11) is 6.85. The number of benzene rings is 3. The number of fused-ring (bicyclic) bond motifs is 3. The molecule has 48 heavy (non-hydrogen) atoms. The zero-order chi connectivity index (χ0) is 34.5. The topological polar surface area (TPSA) is 99.1 Å². The molecule has 0 N–H and O–H groups in total. The number of rotatable bonds is 12. The molecule has 2 aliphatic rings. The number of likely N-dealkylation sites (N-methyl/N-ethyl adjacent to an activating group) is 1. The van der Waals surface area contributed by atoms with Crippen LogP contribution in [0.2, 0.25) is 0 Å². The first-order valence-corrected chi connectivity index (χ1v) is 16.5. The summed E-state index contributed by atoms with van der Waals surface area (Å²) in [5.41, 5.74) is 4.95. The molecule has 1 fully saturated rings. The Bertz CT molecular complexity index is 1650. The van der Waals surface area contributed by atoms with Gasteiger partial charge in [0.1, 0.15) is 6.61 Å². The van der Waals surface area contributed by atoms with Crippen molar-refractivity contribution in [2.24, 2.45) is 4.99 Å². The number of carbonyl (C=O) groups excluding carboxylic acids is 2. The van der Waals surface area contributed by atoms with E-state index < -0.39 is 5.97 Å². The summed E-state index contributed by atoms with van der Waals surface area (Å²) in [6.07, 6.45) is 0.967. The average molecular weight is 658 g/mol. The van der Waals surface area contributed by atoms with Crippen LogP contribution in [0.25, 0.3) is 0 Å². The molecule has 0 saturated carbocycles. The number of aliphatic imine (C=N–C) groups is 1. The van der Waals surface area contributed by atoms with Gasteiger partial charge in [0.15, 0.2) is 23.0 Å². The smallest absolute Gasteiger partial charge is 0.338 e. The highest BCUT2D eigenvalue weighted by molar-refractivity contribution is 6.15. The third-order valence-electron chi connectivity index (χ3n) is 9.11. The van der Waals surface area contributed by atoms with Crippen molar-refractivity contribution < 1.29 is 33.3 Å². The Morgan fingerprint density at radius 2 is 1.56 bits per heavy atom. The van der Waals surface area contributed by atoms with E-state index in [-0.39, 0.29) is 36.6 Å². The molecule has 5 rings (SSSR count). The Morgan fingerprint density at radius 3 is 2.21 bits per heavy atom. The Morgan fingerprint density at radius 1 is 0.896 bits per heavy atom. The van der Waals surface area contributed by atoms with Crippen LogP contribution >= 0.6 is 0 Å². The number of hydrogen-bond donors (Lipinski definition) is 0. The van der Waals surface area contributed by atoms with Gasteiger partial charge in [0, 0.05) is 35.2 Å². The molecule has 3 aromatic rings. The largest absolute Gasteiger partial charge is 0.493 e. The molecule has 1 amide bonds. The van der Waals surface area contributed by atoms with Crippen molar-refractivity contribution in [3.8, 4) is 23.0 Å². The van der Waals surface area contributed by atoms with Crippen LogP contribution in [0.15, 0.2) is 59.6 Å². The van der Waals surface area contributed by atoms with Gasteiger partial charge in [0.2, 0.25) is 0 Å². The molecule has 0 radical (unpaired) electrons. The van der Waals surface area contributed by atoms with Crippen LogP contribution in [0.5, 0.6) is 23.0 Å². The number of piperidine rings is 1. The third kappa shape index (κ3) is 7.13. The van der Waals surface area contributed by atoms with Gasteiger partial charge in [0.05, 0.1) is 51.3 Å². The molecule has 256 valence electrons. The highest BCUT2D eigenvalue weighted by atomic mass is 16.5. The number of likely N-dealkylation sites (tertiary alicyclic amines) is 1. The summed E-state index contributed by atoms with van der Waals surface area (Å²) < 4.78 is 27.9. The lowest BCUT2D eigenvalue weighted by Crippen LogP contribution is -2.46. The Hall–Kier alpha value is -4.57. The zero-order valence-electron chi connectivity index (χ0n) is 29.2. The van der Waals surface area contributed by atoms with Crippen LogP contribution in [0.1, 0.15) is 77.4 Å². The van der Waals surface area contributed by atoms with Crippen molar-refractivity contribution in [3.05, 3.63) is 82.4 Å². The fourth-order valence-electron chi connectivity index (χ4n) is 6.73. The monoisotopic (exact) mass is 657 g/mol. The molecule has 0 aromatic heterocycles. The van der Waals surface area contributed by atoms with E-state index >= 15 is 0 Å². The molecule has 2 heterocycles. The number of carbonyl (C=O) groups is 2. The lowest BCUT2D eigenvalue weighted by Gasteiger charge is -2.39. The summed E-state index contributed by atoms with van der Waals surface area (Å²) in [5, 5.41) is 0. The van der Waals surface area contributed by atoms with Crippen LogP contribution in [0.4, 0.5) is 0 Å². The minimum Gasteiger partial charge on any atom is -0.493 e. The quantitative estimate of drug-likeness (QED) is 0.224. The number of esters is 1. The van der Waals surface area contributed by atoms with E-state index in [1.54, 1.807) is 30.2 Å².